The molecule has 1 aliphatic rings. The largest absolute Gasteiger partial charge is 0.329 e. The molecule has 0 aliphatic carbocycles. The summed E-state index contributed by atoms with van der Waals surface area (Å²) in [7, 11) is 0. The fourth-order valence-electron chi connectivity index (χ4n) is 1.64. The lowest BCUT2D eigenvalue weighted by atomic mass is 10.1. The quantitative estimate of drug-likeness (QED) is 0.764. The molecule has 1 aromatic rings. The molecule has 3 heteroatoms. The van der Waals surface area contributed by atoms with E-state index >= 15 is 0 Å². The van der Waals surface area contributed by atoms with Crippen molar-refractivity contribution < 1.29 is 4.79 Å². The zero-order valence-electron chi connectivity index (χ0n) is 8.90. The Hall–Kier alpha value is -0.960. The highest BCUT2D eigenvalue weighted by atomic mass is 32.2. The summed E-state index contributed by atoms with van der Waals surface area (Å²) in [4.78, 5) is 13.9. The van der Waals surface area contributed by atoms with Crippen molar-refractivity contribution in [1.29, 1.82) is 0 Å². The summed E-state index contributed by atoms with van der Waals surface area (Å²) in [5.74, 6) is 2.08. The number of carbonyl (C=O) groups is 1. The van der Waals surface area contributed by atoms with Crippen molar-refractivity contribution in [2.45, 2.75) is 13.3 Å². The van der Waals surface area contributed by atoms with Crippen molar-refractivity contribution in [3.05, 3.63) is 35.4 Å². The normalized spacial score (nSPS) is 15.7. The summed E-state index contributed by atoms with van der Waals surface area (Å²) < 4.78 is 0. The molecular formula is C12H15NOS. The summed E-state index contributed by atoms with van der Waals surface area (Å²) in [5, 5.41) is 0. The zero-order chi connectivity index (χ0) is 10.7. The molecule has 15 heavy (non-hydrogen) atoms. The molecule has 1 fully saturated rings. The average Bonchev–Trinajstić information content (AvgIpc) is 2.82. The number of nitrogens with zero attached hydrogens (tertiary/aromatic N) is 1. The molecule has 2 nitrogen and oxygen atoms in total. The van der Waals surface area contributed by atoms with Gasteiger partial charge in [-0.05, 0) is 24.1 Å². The minimum atomic E-state index is 0.169. The van der Waals surface area contributed by atoms with Crippen molar-refractivity contribution >= 4 is 17.7 Å². The van der Waals surface area contributed by atoms with E-state index < -0.39 is 0 Å². The van der Waals surface area contributed by atoms with E-state index in [0.29, 0.717) is 0 Å². The monoisotopic (exact) mass is 221 g/mol. The number of thioether (sulfide) groups is 1. The lowest BCUT2D eigenvalue weighted by Gasteiger charge is -2.14. The van der Waals surface area contributed by atoms with Crippen LogP contribution < -0.4 is 0 Å². The second-order valence-corrected chi connectivity index (χ2v) is 4.73. The molecule has 0 N–H and O–H groups in total. The van der Waals surface area contributed by atoms with Crippen LogP contribution in [-0.4, -0.2) is 29.0 Å². The molecule has 0 aromatic heterocycles. The molecule has 0 saturated carbocycles. The molecular weight excluding hydrogens is 206 g/mol. The van der Waals surface area contributed by atoms with Crippen molar-refractivity contribution in [2.75, 3.05) is 18.2 Å². The van der Waals surface area contributed by atoms with Gasteiger partial charge < -0.3 is 4.90 Å². The Morgan fingerprint density at radius 1 is 1.40 bits per heavy atom. The summed E-state index contributed by atoms with van der Waals surface area (Å²) in [5.41, 5.74) is 2.09. The van der Waals surface area contributed by atoms with Crippen LogP contribution in [0.4, 0.5) is 0 Å². The van der Waals surface area contributed by atoms with Gasteiger partial charge in [0.05, 0.1) is 5.88 Å². The highest BCUT2D eigenvalue weighted by Crippen LogP contribution is 2.17. The first-order valence-corrected chi connectivity index (χ1v) is 6.42. The SMILES string of the molecule is CCc1ccc(C(=O)N2CCSC2)cc1. The Bertz CT molecular complexity index is 341. The van der Waals surface area contributed by atoms with E-state index in [1.54, 1.807) is 0 Å². The van der Waals surface area contributed by atoms with Crippen LogP contribution in [-0.2, 0) is 6.42 Å². The summed E-state index contributed by atoms with van der Waals surface area (Å²) in [6, 6.07) is 7.95. The van der Waals surface area contributed by atoms with E-state index in [1.165, 1.54) is 5.56 Å². The van der Waals surface area contributed by atoms with Gasteiger partial charge in [-0.25, -0.2) is 0 Å². The average molecular weight is 221 g/mol. The van der Waals surface area contributed by atoms with Gasteiger partial charge in [-0.1, -0.05) is 19.1 Å². The first kappa shape index (κ1) is 10.6. The van der Waals surface area contributed by atoms with Crippen LogP contribution in [0.1, 0.15) is 22.8 Å². The van der Waals surface area contributed by atoms with Crippen LogP contribution in [0.3, 0.4) is 0 Å². The molecule has 0 spiro atoms. The Labute approximate surface area is 94.7 Å². The maximum atomic E-state index is 12.0. The van der Waals surface area contributed by atoms with Gasteiger partial charge in [0, 0.05) is 17.9 Å². The number of hydrogen-bond donors (Lipinski definition) is 0. The maximum absolute atomic E-state index is 12.0. The Morgan fingerprint density at radius 3 is 2.67 bits per heavy atom. The fourth-order valence-corrected chi connectivity index (χ4v) is 2.59. The molecule has 0 radical (unpaired) electrons. The van der Waals surface area contributed by atoms with Gasteiger partial charge in [0.15, 0.2) is 0 Å². The third-order valence-corrected chi connectivity index (χ3v) is 3.61. The van der Waals surface area contributed by atoms with Crippen LogP contribution in [0.15, 0.2) is 24.3 Å². The molecule has 1 aliphatic heterocycles. The lowest BCUT2D eigenvalue weighted by molar-refractivity contribution is 0.0803. The van der Waals surface area contributed by atoms with Gasteiger partial charge in [0.25, 0.3) is 5.91 Å². The third kappa shape index (κ3) is 2.34. The predicted molar refractivity (Wildman–Crippen MR) is 64.2 cm³/mol. The van der Waals surface area contributed by atoms with Crippen molar-refractivity contribution in [1.82, 2.24) is 4.90 Å². The number of rotatable bonds is 2. The Kier molecular flexibility index (Phi) is 3.31. The van der Waals surface area contributed by atoms with E-state index in [0.717, 1.165) is 30.2 Å². The summed E-state index contributed by atoms with van der Waals surface area (Å²) in [6.45, 7) is 3.01. The molecule has 80 valence electrons. The van der Waals surface area contributed by atoms with E-state index in [9.17, 15) is 4.79 Å². The third-order valence-electron chi connectivity index (χ3n) is 2.65. The topological polar surface area (TPSA) is 20.3 Å². The van der Waals surface area contributed by atoms with E-state index in [2.05, 4.69) is 6.92 Å². The zero-order valence-corrected chi connectivity index (χ0v) is 9.72. The molecule has 1 saturated heterocycles. The fraction of sp³-hybridized carbons (Fsp3) is 0.417. The van der Waals surface area contributed by atoms with Gasteiger partial charge in [-0.3, -0.25) is 4.79 Å². The lowest BCUT2D eigenvalue weighted by Crippen LogP contribution is -2.27. The van der Waals surface area contributed by atoms with Gasteiger partial charge in [-0.15, -0.1) is 11.8 Å². The van der Waals surface area contributed by atoms with E-state index in [1.807, 2.05) is 40.9 Å². The number of amides is 1. The van der Waals surface area contributed by atoms with Gasteiger partial charge >= 0.3 is 0 Å². The first-order valence-electron chi connectivity index (χ1n) is 5.27. The maximum Gasteiger partial charge on any atom is 0.254 e. The molecule has 1 amide bonds. The molecule has 2 rings (SSSR count). The van der Waals surface area contributed by atoms with Crippen molar-refractivity contribution in [3.8, 4) is 0 Å². The molecule has 0 atom stereocenters. The molecule has 0 unspecified atom stereocenters. The van der Waals surface area contributed by atoms with Gasteiger partial charge in [0.1, 0.15) is 0 Å². The number of aryl methyl sites for hydroxylation is 1. The minimum Gasteiger partial charge on any atom is -0.329 e. The molecule has 1 aromatic carbocycles. The first-order chi connectivity index (χ1) is 7.31. The van der Waals surface area contributed by atoms with Crippen LogP contribution in [0.2, 0.25) is 0 Å². The highest BCUT2D eigenvalue weighted by molar-refractivity contribution is 7.99. The summed E-state index contributed by atoms with van der Waals surface area (Å²) in [6.07, 6.45) is 1.02. The number of carbonyl (C=O) groups excluding carboxylic acids is 1. The molecule has 0 bridgehead atoms. The number of benzene rings is 1. The van der Waals surface area contributed by atoms with Crippen molar-refractivity contribution in [2.24, 2.45) is 0 Å². The van der Waals surface area contributed by atoms with E-state index in [4.69, 9.17) is 0 Å². The number of hydrogen-bond acceptors (Lipinski definition) is 2. The summed E-state index contributed by atoms with van der Waals surface area (Å²) >= 11 is 1.82. The van der Waals surface area contributed by atoms with Gasteiger partial charge in [0.2, 0.25) is 0 Å². The second-order valence-electron chi connectivity index (χ2n) is 3.66. The minimum absolute atomic E-state index is 0.169. The van der Waals surface area contributed by atoms with Crippen molar-refractivity contribution in [3.63, 3.8) is 0 Å². The highest BCUT2D eigenvalue weighted by Gasteiger charge is 2.19. The second kappa shape index (κ2) is 4.71. The standard InChI is InChI=1S/C12H15NOS/c1-2-10-3-5-11(6-4-10)12(14)13-7-8-15-9-13/h3-6H,2,7-9H2,1H3. The van der Waals surface area contributed by atoms with Crippen LogP contribution in [0.25, 0.3) is 0 Å². The molecule has 1 heterocycles. The van der Waals surface area contributed by atoms with E-state index in [-0.39, 0.29) is 5.91 Å². The van der Waals surface area contributed by atoms with Crippen LogP contribution in [0, 0.1) is 0 Å². The van der Waals surface area contributed by atoms with Crippen LogP contribution in [0.5, 0.6) is 0 Å². The Morgan fingerprint density at radius 2 is 2.13 bits per heavy atom. The predicted octanol–water partition coefficient (Wildman–Crippen LogP) is 2.40. The van der Waals surface area contributed by atoms with Gasteiger partial charge in [-0.2, -0.15) is 0 Å². The van der Waals surface area contributed by atoms with Crippen LogP contribution >= 0.6 is 11.8 Å². The Balaban J connectivity index is 2.11. The smallest absolute Gasteiger partial charge is 0.254 e.